The molecule has 0 aliphatic carbocycles. The van der Waals surface area contributed by atoms with Gasteiger partial charge in [-0.2, -0.15) is 0 Å². The molecule has 0 N–H and O–H groups in total. The van der Waals surface area contributed by atoms with Crippen LogP contribution in [0.3, 0.4) is 0 Å². The Balaban J connectivity index is 3.19. The van der Waals surface area contributed by atoms with Crippen LogP contribution >= 0.6 is 0 Å². The lowest BCUT2D eigenvalue weighted by Gasteiger charge is -2.26. The number of hydrogen-bond acceptors (Lipinski definition) is 3. The maximum Gasteiger partial charge on any atom is 0.0236 e. The topological polar surface area (TPSA) is 9.72 Å². The third-order valence-corrected chi connectivity index (χ3v) is 5.56. The van der Waals surface area contributed by atoms with Crippen molar-refractivity contribution in [2.75, 3.05) is 39.3 Å². The van der Waals surface area contributed by atoms with Crippen LogP contribution in [-0.4, -0.2) is 54.0 Å². The van der Waals surface area contributed by atoms with E-state index < -0.39 is 0 Å². The third kappa shape index (κ3) is 6.73. The van der Waals surface area contributed by atoms with Gasteiger partial charge >= 0.3 is 0 Å². The molecule has 0 saturated carbocycles. The average Bonchev–Trinajstić information content (AvgIpc) is 2.64. The van der Waals surface area contributed by atoms with Crippen LogP contribution in [0, 0.1) is 6.92 Å². The summed E-state index contributed by atoms with van der Waals surface area (Å²) < 4.78 is 0. The molecule has 0 unspecified atom stereocenters. The number of nitrogens with zero attached hydrogens (tertiary/aromatic N) is 3. The summed E-state index contributed by atoms with van der Waals surface area (Å²) in [5, 5.41) is 0. The molecule has 1 rings (SSSR count). The second-order valence-electron chi connectivity index (χ2n) is 6.92. The van der Waals surface area contributed by atoms with Crippen LogP contribution in [0.15, 0.2) is 12.1 Å². The van der Waals surface area contributed by atoms with Gasteiger partial charge in [0.15, 0.2) is 0 Å². The molecule has 144 valence electrons. The Kier molecular flexibility index (Phi) is 10.3. The van der Waals surface area contributed by atoms with Gasteiger partial charge in [0.1, 0.15) is 0 Å². The van der Waals surface area contributed by atoms with Crippen molar-refractivity contribution in [2.24, 2.45) is 0 Å². The predicted molar refractivity (Wildman–Crippen MR) is 111 cm³/mol. The molecule has 0 atom stereocenters. The Labute approximate surface area is 157 Å². The first-order chi connectivity index (χ1) is 12.0. The monoisotopic (exact) mass is 347 g/mol. The van der Waals surface area contributed by atoms with Crippen molar-refractivity contribution in [3.63, 3.8) is 0 Å². The third-order valence-electron chi connectivity index (χ3n) is 5.56. The quantitative estimate of drug-likeness (QED) is 0.550. The summed E-state index contributed by atoms with van der Waals surface area (Å²) in [6.45, 7) is 25.7. The Morgan fingerprint density at radius 1 is 0.560 bits per heavy atom. The summed E-state index contributed by atoms with van der Waals surface area (Å²) in [6, 6.07) is 4.91. The van der Waals surface area contributed by atoms with Crippen LogP contribution < -0.4 is 0 Å². The van der Waals surface area contributed by atoms with Gasteiger partial charge in [0.2, 0.25) is 0 Å². The summed E-state index contributed by atoms with van der Waals surface area (Å²) in [5.41, 5.74) is 5.98. The molecular weight excluding hydrogens is 306 g/mol. The van der Waals surface area contributed by atoms with Gasteiger partial charge in [-0.05, 0) is 68.4 Å². The molecule has 0 heterocycles. The minimum Gasteiger partial charge on any atom is -0.300 e. The molecule has 0 bridgehead atoms. The van der Waals surface area contributed by atoms with E-state index in [1.807, 2.05) is 0 Å². The van der Waals surface area contributed by atoms with Gasteiger partial charge in [-0.25, -0.2) is 0 Å². The first-order valence-electron chi connectivity index (χ1n) is 10.3. The van der Waals surface area contributed by atoms with Crippen LogP contribution in [0.5, 0.6) is 0 Å². The highest BCUT2D eigenvalue weighted by Gasteiger charge is 2.13. The standard InChI is InChI=1S/C22H41N3/c1-8-23(9-2)16-20-14-21(17-24(10-3)11-4)19(7)22(15-20)18-25(12-5)13-6/h14-15H,8-13,16-18H2,1-7H3. The maximum absolute atomic E-state index is 2.52. The first-order valence-corrected chi connectivity index (χ1v) is 10.3. The largest absolute Gasteiger partial charge is 0.300 e. The van der Waals surface area contributed by atoms with E-state index in [0.717, 1.165) is 58.9 Å². The molecule has 0 amide bonds. The Bertz CT molecular complexity index is 451. The molecule has 0 fully saturated rings. The summed E-state index contributed by atoms with van der Waals surface area (Å²) in [4.78, 5) is 7.54. The van der Waals surface area contributed by atoms with E-state index in [1.54, 1.807) is 0 Å². The van der Waals surface area contributed by atoms with Crippen molar-refractivity contribution in [3.8, 4) is 0 Å². The smallest absolute Gasteiger partial charge is 0.0236 e. The second-order valence-corrected chi connectivity index (χ2v) is 6.92. The van der Waals surface area contributed by atoms with Gasteiger partial charge < -0.3 is 0 Å². The molecular formula is C22H41N3. The van der Waals surface area contributed by atoms with Gasteiger partial charge in [-0.1, -0.05) is 53.7 Å². The first kappa shape index (κ1) is 22.1. The molecule has 1 aromatic rings. The van der Waals surface area contributed by atoms with Crippen LogP contribution in [0.1, 0.15) is 63.8 Å². The van der Waals surface area contributed by atoms with Crippen LogP contribution in [0.25, 0.3) is 0 Å². The Morgan fingerprint density at radius 3 is 1.20 bits per heavy atom. The molecule has 0 radical (unpaired) electrons. The lowest BCUT2D eigenvalue weighted by Crippen LogP contribution is -2.26. The van der Waals surface area contributed by atoms with Gasteiger partial charge in [0, 0.05) is 19.6 Å². The molecule has 0 spiro atoms. The van der Waals surface area contributed by atoms with E-state index in [-0.39, 0.29) is 0 Å². The van der Waals surface area contributed by atoms with Crippen molar-refractivity contribution >= 4 is 0 Å². The normalized spacial score (nSPS) is 11.9. The minimum absolute atomic E-state index is 1.06. The lowest BCUT2D eigenvalue weighted by molar-refractivity contribution is 0.285. The number of hydrogen-bond donors (Lipinski definition) is 0. The molecule has 3 heteroatoms. The zero-order valence-corrected chi connectivity index (χ0v) is 17.9. The summed E-state index contributed by atoms with van der Waals surface area (Å²) >= 11 is 0. The van der Waals surface area contributed by atoms with E-state index in [0.29, 0.717) is 0 Å². The van der Waals surface area contributed by atoms with Crippen LogP contribution in [-0.2, 0) is 19.6 Å². The number of benzene rings is 1. The van der Waals surface area contributed by atoms with E-state index in [1.165, 1.54) is 22.3 Å². The fourth-order valence-electron chi connectivity index (χ4n) is 3.41. The van der Waals surface area contributed by atoms with E-state index in [9.17, 15) is 0 Å². The van der Waals surface area contributed by atoms with Crippen LogP contribution in [0.2, 0.25) is 0 Å². The molecule has 3 nitrogen and oxygen atoms in total. The highest BCUT2D eigenvalue weighted by atomic mass is 15.1. The van der Waals surface area contributed by atoms with Crippen molar-refractivity contribution in [2.45, 2.75) is 68.1 Å². The van der Waals surface area contributed by atoms with Crippen molar-refractivity contribution in [1.29, 1.82) is 0 Å². The van der Waals surface area contributed by atoms with Gasteiger partial charge in [-0.15, -0.1) is 0 Å². The molecule has 0 aliphatic heterocycles. The molecule has 0 aliphatic rings. The van der Waals surface area contributed by atoms with Gasteiger partial charge in [0.25, 0.3) is 0 Å². The summed E-state index contributed by atoms with van der Waals surface area (Å²) in [5.74, 6) is 0. The minimum atomic E-state index is 1.06. The van der Waals surface area contributed by atoms with Crippen molar-refractivity contribution < 1.29 is 0 Å². The van der Waals surface area contributed by atoms with Crippen molar-refractivity contribution in [1.82, 2.24) is 14.7 Å². The SMILES string of the molecule is CCN(CC)Cc1cc(CN(CC)CC)c(C)c(CN(CC)CC)c1. The second kappa shape index (κ2) is 11.7. The van der Waals surface area contributed by atoms with E-state index in [4.69, 9.17) is 0 Å². The van der Waals surface area contributed by atoms with Crippen molar-refractivity contribution in [3.05, 3.63) is 34.4 Å². The van der Waals surface area contributed by atoms with E-state index >= 15 is 0 Å². The molecule has 0 aromatic heterocycles. The zero-order valence-electron chi connectivity index (χ0n) is 17.9. The van der Waals surface area contributed by atoms with Gasteiger partial charge in [0.05, 0.1) is 0 Å². The fraction of sp³-hybridized carbons (Fsp3) is 0.727. The average molecular weight is 348 g/mol. The molecule has 25 heavy (non-hydrogen) atoms. The summed E-state index contributed by atoms with van der Waals surface area (Å²) in [6.07, 6.45) is 0. The predicted octanol–water partition coefficient (Wildman–Crippen LogP) is 4.52. The summed E-state index contributed by atoms with van der Waals surface area (Å²) in [7, 11) is 0. The Morgan fingerprint density at radius 2 is 0.880 bits per heavy atom. The fourth-order valence-corrected chi connectivity index (χ4v) is 3.41. The Hall–Kier alpha value is -0.900. The maximum atomic E-state index is 2.52. The molecule has 1 aromatic carbocycles. The number of rotatable bonds is 12. The highest BCUT2D eigenvalue weighted by molar-refractivity contribution is 5.38. The zero-order chi connectivity index (χ0) is 18.8. The van der Waals surface area contributed by atoms with E-state index in [2.05, 4.69) is 75.3 Å². The van der Waals surface area contributed by atoms with Crippen LogP contribution in [0.4, 0.5) is 0 Å². The van der Waals surface area contributed by atoms with Gasteiger partial charge in [-0.3, -0.25) is 14.7 Å². The highest BCUT2D eigenvalue weighted by Crippen LogP contribution is 2.22. The molecule has 0 saturated heterocycles. The lowest BCUT2D eigenvalue weighted by atomic mass is 9.97.